The van der Waals surface area contributed by atoms with Crippen molar-refractivity contribution in [3.05, 3.63) is 29.8 Å². The maximum atomic E-state index is 10.3. The third-order valence-corrected chi connectivity index (χ3v) is 2.35. The molecule has 0 saturated carbocycles. The van der Waals surface area contributed by atoms with Crippen molar-refractivity contribution in [2.24, 2.45) is 0 Å². The molecular weight excluding hydrogens is 183 g/mol. The fraction of sp³-hybridized carbons (Fsp3) is 0.400. The molecule has 70 valence electrons. The SMILES string of the molecule is Cc1ccc(OC(C)CP=O)cc1. The first-order valence-electron chi connectivity index (χ1n) is 4.25. The van der Waals surface area contributed by atoms with Crippen LogP contribution in [-0.4, -0.2) is 12.3 Å². The summed E-state index contributed by atoms with van der Waals surface area (Å²) < 4.78 is 15.8. The van der Waals surface area contributed by atoms with E-state index in [-0.39, 0.29) is 14.6 Å². The van der Waals surface area contributed by atoms with Gasteiger partial charge in [0.25, 0.3) is 0 Å². The zero-order valence-electron chi connectivity index (χ0n) is 7.86. The molecule has 3 heteroatoms. The lowest BCUT2D eigenvalue weighted by Gasteiger charge is -2.11. The lowest BCUT2D eigenvalue weighted by molar-refractivity contribution is 0.245. The Morgan fingerprint density at radius 2 is 2.00 bits per heavy atom. The highest BCUT2D eigenvalue weighted by Crippen LogP contribution is 2.14. The summed E-state index contributed by atoms with van der Waals surface area (Å²) in [7, 11) is 0.135. The highest BCUT2D eigenvalue weighted by Gasteiger charge is 2.02. The largest absolute Gasteiger partial charge is 0.490 e. The molecule has 0 amide bonds. The molecule has 0 fully saturated rings. The topological polar surface area (TPSA) is 26.3 Å². The molecule has 0 heterocycles. The maximum Gasteiger partial charge on any atom is 0.159 e. The van der Waals surface area contributed by atoms with Gasteiger partial charge < -0.3 is 4.74 Å². The van der Waals surface area contributed by atoms with Gasteiger partial charge >= 0.3 is 0 Å². The Hall–Kier alpha value is -0.880. The molecule has 1 aromatic carbocycles. The lowest BCUT2D eigenvalue weighted by Crippen LogP contribution is -2.12. The number of ether oxygens (including phenoxy) is 1. The fourth-order valence-corrected chi connectivity index (χ4v) is 1.28. The van der Waals surface area contributed by atoms with E-state index in [0.717, 1.165) is 5.75 Å². The monoisotopic (exact) mass is 196 g/mol. The van der Waals surface area contributed by atoms with E-state index in [2.05, 4.69) is 0 Å². The zero-order valence-corrected chi connectivity index (χ0v) is 8.75. The van der Waals surface area contributed by atoms with Crippen molar-refractivity contribution in [1.82, 2.24) is 0 Å². The average Bonchev–Trinajstić information content (AvgIpc) is 2.09. The number of rotatable bonds is 4. The van der Waals surface area contributed by atoms with Gasteiger partial charge in [-0.1, -0.05) is 17.7 Å². The Kier molecular flexibility index (Phi) is 3.91. The molecule has 13 heavy (non-hydrogen) atoms. The van der Waals surface area contributed by atoms with Crippen LogP contribution in [-0.2, 0) is 4.57 Å². The summed E-state index contributed by atoms with van der Waals surface area (Å²) in [5.74, 6) is 0.835. The van der Waals surface area contributed by atoms with Crippen LogP contribution in [0.15, 0.2) is 24.3 Å². The molecule has 0 aromatic heterocycles. The van der Waals surface area contributed by atoms with Gasteiger partial charge in [0.1, 0.15) is 11.9 Å². The number of hydrogen-bond acceptors (Lipinski definition) is 2. The van der Waals surface area contributed by atoms with Gasteiger partial charge in [0.2, 0.25) is 0 Å². The van der Waals surface area contributed by atoms with Crippen molar-refractivity contribution < 1.29 is 9.30 Å². The first kappa shape index (κ1) is 10.2. The lowest BCUT2D eigenvalue weighted by atomic mass is 10.2. The third-order valence-electron chi connectivity index (χ3n) is 1.69. The predicted molar refractivity (Wildman–Crippen MR) is 53.7 cm³/mol. The van der Waals surface area contributed by atoms with Gasteiger partial charge in [-0.05, 0) is 26.0 Å². The minimum Gasteiger partial charge on any atom is -0.490 e. The molecule has 2 nitrogen and oxygen atoms in total. The Morgan fingerprint density at radius 3 is 2.54 bits per heavy atom. The second-order valence-electron chi connectivity index (χ2n) is 3.05. The van der Waals surface area contributed by atoms with Gasteiger partial charge in [-0.25, -0.2) is 0 Å². The summed E-state index contributed by atoms with van der Waals surface area (Å²) in [5.41, 5.74) is 1.21. The van der Waals surface area contributed by atoms with Crippen LogP contribution >= 0.6 is 8.46 Å². The first-order valence-corrected chi connectivity index (χ1v) is 5.24. The summed E-state index contributed by atoms with van der Waals surface area (Å²) >= 11 is 0. The van der Waals surface area contributed by atoms with Gasteiger partial charge in [-0.15, -0.1) is 0 Å². The van der Waals surface area contributed by atoms with Crippen molar-refractivity contribution in [3.8, 4) is 5.75 Å². The third kappa shape index (κ3) is 3.56. The zero-order chi connectivity index (χ0) is 9.68. The van der Waals surface area contributed by atoms with Crippen LogP contribution in [0.3, 0.4) is 0 Å². The Morgan fingerprint density at radius 1 is 1.38 bits per heavy atom. The van der Waals surface area contributed by atoms with Crippen molar-refractivity contribution in [3.63, 3.8) is 0 Å². The fourth-order valence-electron chi connectivity index (χ4n) is 0.991. The van der Waals surface area contributed by atoms with E-state index in [1.165, 1.54) is 5.56 Å². The summed E-state index contributed by atoms with van der Waals surface area (Å²) in [6, 6.07) is 7.84. The van der Waals surface area contributed by atoms with Gasteiger partial charge in [0.15, 0.2) is 8.46 Å². The molecule has 1 atom stereocenters. The Balaban J connectivity index is 2.53. The van der Waals surface area contributed by atoms with Crippen LogP contribution in [0.2, 0.25) is 0 Å². The van der Waals surface area contributed by atoms with Crippen molar-refractivity contribution in [2.45, 2.75) is 20.0 Å². The van der Waals surface area contributed by atoms with Crippen LogP contribution in [0.5, 0.6) is 5.75 Å². The number of aryl methyl sites for hydroxylation is 1. The molecule has 0 bridgehead atoms. The minimum atomic E-state index is 0.00173. The second kappa shape index (κ2) is 4.98. The van der Waals surface area contributed by atoms with Gasteiger partial charge in [0.05, 0.1) is 6.16 Å². The molecule has 1 rings (SSSR count). The van der Waals surface area contributed by atoms with Gasteiger partial charge in [-0.3, -0.25) is 4.57 Å². The Bertz CT molecular complexity index is 269. The smallest absolute Gasteiger partial charge is 0.159 e. The highest BCUT2D eigenvalue weighted by molar-refractivity contribution is 7.23. The van der Waals surface area contributed by atoms with E-state index in [1.807, 2.05) is 38.1 Å². The van der Waals surface area contributed by atoms with Crippen LogP contribution in [0.4, 0.5) is 0 Å². The van der Waals surface area contributed by atoms with E-state index < -0.39 is 0 Å². The molecule has 1 aromatic rings. The first-order chi connectivity index (χ1) is 6.22. The van der Waals surface area contributed by atoms with E-state index in [1.54, 1.807) is 0 Å². The quantitative estimate of drug-likeness (QED) is 0.692. The van der Waals surface area contributed by atoms with Crippen LogP contribution < -0.4 is 4.74 Å². The molecule has 0 radical (unpaired) electrons. The molecule has 0 spiro atoms. The van der Waals surface area contributed by atoms with Crippen LogP contribution in [0.25, 0.3) is 0 Å². The van der Waals surface area contributed by atoms with Crippen molar-refractivity contribution in [1.29, 1.82) is 0 Å². The van der Waals surface area contributed by atoms with Crippen LogP contribution in [0.1, 0.15) is 12.5 Å². The molecule has 0 saturated heterocycles. The molecule has 0 aliphatic heterocycles. The van der Waals surface area contributed by atoms with Crippen molar-refractivity contribution >= 4 is 8.46 Å². The molecule has 0 aliphatic carbocycles. The second-order valence-corrected chi connectivity index (χ2v) is 3.68. The average molecular weight is 196 g/mol. The number of benzene rings is 1. The summed E-state index contributed by atoms with van der Waals surface area (Å²) in [4.78, 5) is 0. The van der Waals surface area contributed by atoms with Crippen molar-refractivity contribution in [2.75, 3.05) is 6.16 Å². The molecular formula is C10H13O2P. The van der Waals surface area contributed by atoms with E-state index in [0.29, 0.717) is 6.16 Å². The maximum absolute atomic E-state index is 10.3. The molecule has 1 unspecified atom stereocenters. The van der Waals surface area contributed by atoms with E-state index in [4.69, 9.17) is 4.74 Å². The minimum absolute atomic E-state index is 0.00173. The van der Waals surface area contributed by atoms with E-state index in [9.17, 15) is 4.57 Å². The summed E-state index contributed by atoms with van der Waals surface area (Å²) in [6.45, 7) is 3.94. The Labute approximate surface area is 80.1 Å². The molecule has 0 aliphatic rings. The normalized spacial score (nSPS) is 12.8. The van der Waals surface area contributed by atoms with Gasteiger partial charge in [0, 0.05) is 0 Å². The summed E-state index contributed by atoms with van der Waals surface area (Å²) in [5, 5.41) is 0. The number of hydrogen-bond donors (Lipinski definition) is 0. The van der Waals surface area contributed by atoms with Crippen LogP contribution in [0, 0.1) is 6.92 Å². The summed E-state index contributed by atoms with van der Waals surface area (Å²) in [6.07, 6.45) is 0.537. The predicted octanol–water partition coefficient (Wildman–Crippen LogP) is 3.05. The molecule has 0 N–H and O–H groups in total. The standard InChI is InChI=1S/C10H13O2P/c1-8-3-5-10(6-4-8)12-9(2)7-13-11/h3-6,9H,7H2,1-2H3. The highest BCUT2D eigenvalue weighted by atomic mass is 31.1. The van der Waals surface area contributed by atoms with Gasteiger partial charge in [-0.2, -0.15) is 0 Å². The van der Waals surface area contributed by atoms with E-state index >= 15 is 0 Å².